The lowest BCUT2D eigenvalue weighted by atomic mass is 9.88. The van der Waals surface area contributed by atoms with Crippen LogP contribution in [0.25, 0.3) is 0 Å². The Hall–Kier alpha value is -2.33. The molecule has 1 atom stereocenters. The van der Waals surface area contributed by atoms with Crippen molar-refractivity contribution in [2.75, 3.05) is 13.1 Å². The number of likely N-dealkylation sites (tertiary alicyclic amines) is 1. The van der Waals surface area contributed by atoms with Crippen molar-refractivity contribution in [1.82, 2.24) is 4.90 Å². The lowest BCUT2D eigenvalue weighted by molar-refractivity contribution is 0.0436. The lowest BCUT2D eigenvalue weighted by Gasteiger charge is -2.34. The molecule has 2 aromatic carbocycles. The average Bonchev–Trinajstić information content (AvgIpc) is 2.66. The van der Waals surface area contributed by atoms with Gasteiger partial charge in [0.2, 0.25) is 0 Å². The van der Waals surface area contributed by atoms with E-state index in [0.29, 0.717) is 18.7 Å². The van der Waals surface area contributed by atoms with Crippen LogP contribution < -0.4 is 0 Å². The highest BCUT2D eigenvalue weighted by Crippen LogP contribution is 2.25. The maximum absolute atomic E-state index is 12.5. The molecule has 0 aliphatic carbocycles. The van der Waals surface area contributed by atoms with E-state index in [0.717, 1.165) is 25.7 Å². The first-order valence-electron chi connectivity index (χ1n) is 8.94. The zero-order valence-corrected chi connectivity index (χ0v) is 14.3. The molecule has 1 amide bonds. The van der Waals surface area contributed by atoms with Crippen LogP contribution in [0.5, 0.6) is 5.75 Å². The summed E-state index contributed by atoms with van der Waals surface area (Å²) < 4.78 is 0. The van der Waals surface area contributed by atoms with Gasteiger partial charge in [0.15, 0.2) is 0 Å². The highest BCUT2D eigenvalue weighted by Gasteiger charge is 2.27. The summed E-state index contributed by atoms with van der Waals surface area (Å²) in [6, 6.07) is 16.7. The number of aryl methyl sites for hydroxylation is 1. The molecule has 1 aliphatic heterocycles. The van der Waals surface area contributed by atoms with Gasteiger partial charge in [0, 0.05) is 18.7 Å². The van der Waals surface area contributed by atoms with Crippen LogP contribution in [0.2, 0.25) is 0 Å². The normalized spacial score (nSPS) is 16.6. The molecular weight excluding hydrogens is 314 g/mol. The molecule has 25 heavy (non-hydrogen) atoms. The molecule has 0 spiro atoms. The Morgan fingerprint density at radius 2 is 1.80 bits per heavy atom. The van der Waals surface area contributed by atoms with Gasteiger partial charge in [-0.1, -0.05) is 36.4 Å². The summed E-state index contributed by atoms with van der Waals surface area (Å²) in [7, 11) is 0. The number of piperidine rings is 1. The molecule has 1 heterocycles. The fourth-order valence-corrected chi connectivity index (χ4v) is 3.50. The number of nitrogens with zero attached hydrogens (tertiary/aromatic N) is 1. The van der Waals surface area contributed by atoms with Crippen LogP contribution in [-0.4, -0.2) is 40.2 Å². The second-order valence-electron chi connectivity index (χ2n) is 6.77. The van der Waals surface area contributed by atoms with Crippen LogP contribution in [-0.2, 0) is 6.42 Å². The minimum Gasteiger partial charge on any atom is -0.508 e. The Morgan fingerprint density at radius 3 is 2.48 bits per heavy atom. The van der Waals surface area contributed by atoms with Crippen LogP contribution in [0, 0.1) is 5.92 Å². The zero-order valence-electron chi connectivity index (χ0n) is 14.3. The number of aromatic hydroxyl groups is 1. The first kappa shape index (κ1) is 17.5. The van der Waals surface area contributed by atoms with E-state index in [4.69, 9.17) is 0 Å². The molecule has 3 rings (SSSR count). The summed E-state index contributed by atoms with van der Waals surface area (Å²) >= 11 is 0. The van der Waals surface area contributed by atoms with Gasteiger partial charge in [0.05, 0.1) is 6.10 Å². The number of amides is 1. The largest absolute Gasteiger partial charge is 0.508 e. The molecule has 4 heteroatoms. The summed E-state index contributed by atoms with van der Waals surface area (Å²) in [5.41, 5.74) is 1.76. The van der Waals surface area contributed by atoms with Gasteiger partial charge in [-0.05, 0) is 55.4 Å². The maximum atomic E-state index is 12.5. The minimum atomic E-state index is -0.321. The second kappa shape index (κ2) is 8.17. The summed E-state index contributed by atoms with van der Waals surface area (Å²) in [6.45, 7) is 1.31. The zero-order chi connectivity index (χ0) is 17.6. The van der Waals surface area contributed by atoms with Crippen molar-refractivity contribution in [2.24, 2.45) is 5.92 Å². The monoisotopic (exact) mass is 339 g/mol. The Balaban J connectivity index is 1.48. The highest BCUT2D eigenvalue weighted by atomic mass is 16.3. The summed E-state index contributed by atoms with van der Waals surface area (Å²) in [5.74, 6) is 0.308. The first-order valence-corrected chi connectivity index (χ1v) is 8.94. The molecule has 0 unspecified atom stereocenters. The Morgan fingerprint density at radius 1 is 1.08 bits per heavy atom. The summed E-state index contributed by atoms with van der Waals surface area (Å²) in [5, 5.41) is 20.0. The van der Waals surface area contributed by atoms with Crippen molar-refractivity contribution in [3.8, 4) is 5.75 Å². The van der Waals surface area contributed by atoms with Crippen molar-refractivity contribution < 1.29 is 15.0 Å². The van der Waals surface area contributed by atoms with E-state index in [1.807, 2.05) is 23.1 Å². The Kier molecular flexibility index (Phi) is 5.71. The number of benzene rings is 2. The molecule has 0 aromatic heterocycles. The third kappa shape index (κ3) is 4.60. The number of hydrogen-bond donors (Lipinski definition) is 2. The van der Waals surface area contributed by atoms with E-state index in [1.54, 1.807) is 18.2 Å². The standard InChI is InChI=1S/C21H25NO3/c23-19-8-4-7-18(15-19)21(25)22-13-11-17(12-14-22)20(24)10-9-16-5-2-1-3-6-16/h1-8,15,17,20,23-24H,9-14H2/t20-/m1/s1. The maximum Gasteiger partial charge on any atom is 0.253 e. The van der Waals surface area contributed by atoms with Crippen LogP contribution in [0.4, 0.5) is 0 Å². The fraction of sp³-hybridized carbons (Fsp3) is 0.381. The van der Waals surface area contributed by atoms with Crippen molar-refractivity contribution in [3.63, 3.8) is 0 Å². The van der Waals surface area contributed by atoms with Gasteiger partial charge in [-0.25, -0.2) is 0 Å². The van der Waals surface area contributed by atoms with E-state index in [-0.39, 0.29) is 23.7 Å². The van der Waals surface area contributed by atoms with Gasteiger partial charge in [0.25, 0.3) is 5.91 Å². The number of hydrogen-bond acceptors (Lipinski definition) is 3. The van der Waals surface area contributed by atoms with Gasteiger partial charge >= 0.3 is 0 Å². The molecule has 1 aliphatic rings. The molecule has 0 saturated carbocycles. The van der Waals surface area contributed by atoms with Crippen molar-refractivity contribution in [3.05, 3.63) is 65.7 Å². The van der Waals surface area contributed by atoms with Crippen LogP contribution in [0.15, 0.2) is 54.6 Å². The van der Waals surface area contributed by atoms with Gasteiger partial charge in [-0.2, -0.15) is 0 Å². The van der Waals surface area contributed by atoms with Crippen molar-refractivity contribution in [1.29, 1.82) is 0 Å². The molecular formula is C21H25NO3. The topological polar surface area (TPSA) is 60.8 Å². The predicted octanol–water partition coefficient (Wildman–Crippen LogP) is 3.24. The van der Waals surface area contributed by atoms with Crippen LogP contribution in [0.3, 0.4) is 0 Å². The Labute approximate surface area is 148 Å². The summed E-state index contributed by atoms with van der Waals surface area (Å²) in [6.07, 6.45) is 2.96. The van der Waals surface area contributed by atoms with E-state index in [1.165, 1.54) is 11.6 Å². The van der Waals surface area contributed by atoms with Crippen LogP contribution in [0.1, 0.15) is 35.2 Å². The molecule has 0 radical (unpaired) electrons. The minimum absolute atomic E-state index is 0.0480. The SMILES string of the molecule is O=C(c1cccc(O)c1)N1CCC([C@H](O)CCc2ccccc2)CC1. The van der Waals surface area contributed by atoms with Crippen LogP contribution >= 0.6 is 0 Å². The van der Waals surface area contributed by atoms with E-state index >= 15 is 0 Å². The fourth-order valence-electron chi connectivity index (χ4n) is 3.50. The van der Waals surface area contributed by atoms with Gasteiger partial charge in [0.1, 0.15) is 5.75 Å². The number of aliphatic hydroxyl groups excluding tert-OH is 1. The molecule has 2 aromatic rings. The predicted molar refractivity (Wildman–Crippen MR) is 97.5 cm³/mol. The van der Waals surface area contributed by atoms with E-state index < -0.39 is 0 Å². The van der Waals surface area contributed by atoms with E-state index in [2.05, 4.69) is 12.1 Å². The van der Waals surface area contributed by atoms with Gasteiger partial charge in [-0.15, -0.1) is 0 Å². The molecule has 0 bridgehead atoms. The van der Waals surface area contributed by atoms with Crippen molar-refractivity contribution in [2.45, 2.75) is 31.8 Å². The molecule has 2 N–H and O–H groups in total. The average molecular weight is 339 g/mol. The van der Waals surface area contributed by atoms with E-state index in [9.17, 15) is 15.0 Å². The lowest BCUT2D eigenvalue weighted by Crippen LogP contribution is -2.41. The third-order valence-corrected chi connectivity index (χ3v) is 5.04. The summed E-state index contributed by atoms with van der Waals surface area (Å²) in [4.78, 5) is 14.3. The highest BCUT2D eigenvalue weighted by molar-refractivity contribution is 5.94. The smallest absolute Gasteiger partial charge is 0.253 e. The molecule has 1 fully saturated rings. The molecule has 1 saturated heterocycles. The number of phenols is 1. The number of carbonyl (C=O) groups excluding carboxylic acids is 1. The van der Waals surface area contributed by atoms with Gasteiger partial charge < -0.3 is 15.1 Å². The third-order valence-electron chi connectivity index (χ3n) is 5.04. The van der Waals surface area contributed by atoms with Gasteiger partial charge in [-0.3, -0.25) is 4.79 Å². The second-order valence-corrected chi connectivity index (χ2v) is 6.77. The first-order chi connectivity index (χ1) is 12.1. The molecule has 132 valence electrons. The number of rotatable bonds is 5. The van der Waals surface area contributed by atoms with Crippen molar-refractivity contribution >= 4 is 5.91 Å². The quantitative estimate of drug-likeness (QED) is 0.879. The molecule has 4 nitrogen and oxygen atoms in total. The number of phenolic OH excluding ortho intramolecular Hbond substituents is 1. The number of carbonyl (C=O) groups is 1. The number of aliphatic hydroxyl groups is 1. The Bertz CT molecular complexity index is 693.